The van der Waals surface area contributed by atoms with Gasteiger partial charge in [0.25, 0.3) is 0 Å². The molecular formula is C18H28IN3O. The Morgan fingerprint density at radius 1 is 1.26 bits per heavy atom. The van der Waals surface area contributed by atoms with Gasteiger partial charge < -0.3 is 15.8 Å². The minimum absolute atomic E-state index is 0. The van der Waals surface area contributed by atoms with Crippen LogP contribution >= 0.6 is 24.0 Å². The smallest absolute Gasteiger partial charge is 0.189 e. The number of ether oxygens (including phenoxy) is 1. The highest BCUT2D eigenvalue weighted by Crippen LogP contribution is 2.32. The summed E-state index contributed by atoms with van der Waals surface area (Å²) >= 11 is 0. The van der Waals surface area contributed by atoms with Crippen LogP contribution in [0.25, 0.3) is 0 Å². The van der Waals surface area contributed by atoms with Crippen LogP contribution in [0.3, 0.4) is 0 Å². The molecule has 5 heteroatoms. The summed E-state index contributed by atoms with van der Waals surface area (Å²) in [5.41, 5.74) is 7.30. The number of hydrogen-bond acceptors (Lipinski definition) is 2. The van der Waals surface area contributed by atoms with Gasteiger partial charge in [0.1, 0.15) is 5.75 Å². The zero-order valence-corrected chi connectivity index (χ0v) is 16.2. The zero-order valence-electron chi connectivity index (χ0n) is 13.8. The highest BCUT2D eigenvalue weighted by Gasteiger charge is 2.23. The molecule has 1 aliphatic heterocycles. The van der Waals surface area contributed by atoms with Crippen LogP contribution in [0.15, 0.2) is 29.3 Å². The number of hydrogen-bond donors (Lipinski definition) is 2. The normalized spacial score (nSPS) is 27.3. The van der Waals surface area contributed by atoms with Gasteiger partial charge in [-0.1, -0.05) is 44.4 Å². The first-order chi connectivity index (χ1) is 10.7. The molecule has 1 aromatic carbocycles. The Balaban J connectivity index is 0.00000192. The molecule has 23 heavy (non-hydrogen) atoms. The average molecular weight is 429 g/mol. The van der Waals surface area contributed by atoms with Gasteiger partial charge in [-0.3, -0.25) is 4.99 Å². The van der Waals surface area contributed by atoms with Gasteiger partial charge in [-0.15, -0.1) is 24.0 Å². The lowest BCUT2D eigenvalue weighted by Crippen LogP contribution is -2.38. The van der Waals surface area contributed by atoms with E-state index in [4.69, 9.17) is 10.5 Å². The van der Waals surface area contributed by atoms with Crippen molar-refractivity contribution in [1.29, 1.82) is 0 Å². The summed E-state index contributed by atoms with van der Waals surface area (Å²) in [6.45, 7) is 3.92. The Hall–Kier alpha value is -0.980. The van der Waals surface area contributed by atoms with Crippen LogP contribution in [-0.4, -0.2) is 19.1 Å². The number of fused-ring (bicyclic) bond motifs is 1. The fraction of sp³-hybridized carbons (Fsp3) is 0.611. The molecular weight excluding hydrogens is 401 g/mol. The summed E-state index contributed by atoms with van der Waals surface area (Å²) in [4.78, 5) is 4.61. The SMILES string of the molecule is CC1CCCCC1CN=C(N)NC1CCOc2ccccc21.I. The summed E-state index contributed by atoms with van der Waals surface area (Å²) in [6.07, 6.45) is 6.26. The van der Waals surface area contributed by atoms with Crippen LogP contribution in [0.5, 0.6) is 5.75 Å². The number of halogens is 1. The van der Waals surface area contributed by atoms with Crippen LogP contribution in [0.4, 0.5) is 0 Å². The summed E-state index contributed by atoms with van der Waals surface area (Å²) in [6, 6.07) is 8.36. The predicted molar refractivity (Wildman–Crippen MR) is 105 cm³/mol. The molecule has 1 saturated carbocycles. The summed E-state index contributed by atoms with van der Waals surface area (Å²) in [5.74, 6) is 2.99. The van der Waals surface area contributed by atoms with Crippen molar-refractivity contribution >= 4 is 29.9 Å². The van der Waals surface area contributed by atoms with Crippen LogP contribution in [0.2, 0.25) is 0 Å². The van der Waals surface area contributed by atoms with Gasteiger partial charge in [0.2, 0.25) is 0 Å². The number of para-hydroxylation sites is 1. The van der Waals surface area contributed by atoms with E-state index in [0.29, 0.717) is 11.9 Å². The van der Waals surface area contributed by atoms with E-state index in [1.165, 1.54) is 31.2 Å². The van der Waals surface area contributed by atoms with Gasteiger partial charge >= 0.3 is 0 Å². The van der Waals surface area contributed by atoms with Crippen LogP contribution in [-0.2, 0) is 0 Å². The first kappa shape index (κ1) is 18.4. The molecule has 3 N–H and O–H groups in total. The number of nitrogens with zero attached hydrogens (tertiary/aromatic N) is 1. The molecule has 0 spiro atoms. The van der Waals surface area contributed by atoms with Gasteiger partial charge in [-0.25, -0.2) is 0 Å². The second kappa shape index (κ2) is 8.76. The molecule has 0 aromatic heterocycles. The molecule has 2 aliphatic rings. The molecule has 0 bridgehead atoms. The lowest BCUT2D eigenvalue weighted by atomic mass is 9.80. The Kier molecular flexibility index (Phi) is 6.99. The fourth-order valence-corrected chi connectivity index (χ4v) is 3.60. The maximum atomic E-state index is 6.12. The molecule has 3 atom stereocenters. The fourth-order valence-electron chi connectivity index (χ4n) is 3.60. The topological polar surface area (TPSA) is 59.6 Å². The lowest BCUT2D eigenvalue weighted by Gasteiger charge is -2.28. The van der Waals surface area contributed by atoms with Gasteiger partial charge in [-0.2, -0.15) is 0 Å². The molecule has 0 radical (unpaired) electrons. The molecule has 1 aromatic rings. The number of aliphatic imine (C=N–C) groups is 1. The van der Waals surface area contributed by atoms with Gasteiger partial charge in [0.05, 0.1) is 12.6 Å². The Labute approximate surface area is 156 Å². The number of nitrogens with two attached hydrogens (primary N) is 1. The Morgan fingerprint density at radius 2 is 2.04 bits per heavy atom. The van der Waals surface area contributed by atoms with Gasteiger partial charge in [-0.05, 0) is 24.3 Å². The van der Waals surface area contributed by atoms with E-state index < -0.39 is 0 Å². The molecule has 1 aliphatic carbocycles. The summed E-state index contributed by atoms with van der Waals surface area (Å²) < 4.78 is 5.68. The second-order valence-corrected chi connectivity index (χ2v) is 6.62. The van der Waals surface area contributed by atoms with E-state index in [2.05, 4.69) is 23.3 Å². The van der Waals surface area contributed by atoms with Crippen LogP contribution in [0.1, 0.15) is 50.6 Å². The number of guanidine groups is 1. The zero-order chi connectivity index (χ0) is 15.4. The van der Waals surface area contributed by atoms with Gasteiger partial charge in [0, 0.05) is 18.5 Å². The van der Waals surface area contributed by atoms with Crippen molar-refractivity contribution in [2.45, 2.75) is 45.1 Å². The van der Waals surface area contributed by atoms with Gasteiger partial charge in [0.15, 0.2) is 5.96 Å². The highest BCUT2D eigenvalue weighted by molar-refractivity contribution is 14.0. The Morgan fingerprint density at radius 3 is 2.87 bits per heavy atom. The van der Waals surface area contributed by atoms with E-state index >= 15 is 0 Å². The molecule has 128 valence electrons. The van der Waals surface area contributed by atoms with E-state index in [1.807, 2.05) is 18.2 Å². The third kappa shape index (κ3) is 4.75. The van der Waals surface area contributed by atoms with Crippen LogP contribution < -0.4 is 15.8 Å². The average Bonchev–Trinajstić information content (AvgIpc) is 2.54. The van der Waals surface area contributed by atoms with E-state index in [0.717, 1.165) is 31.2 Å². The lowest BCUT2D eigenvalue weighted by molar-refractivity contribution is 0.259. The van der Waals surface area contributed by atoms with Crippen molar-refractivity contribution in [3.63, 3.8) is 0 Å². The molecule has 3 rings (SSSR count). The number of nitrogens with one attached hydrogen (secondary N) is 1. The second-order valence-electron chi connectivity index (χ2n) is 6.62. The first-order valence-corrected chi connectivity index (χ1v) is 8.52. The van der Waals surface area contributed by atoms with Crippen molar-refractivity contribution in [3.8, 4) is 5.75 Å². The minimum atomic E-state index is 0. The number of benzene rings is 1. The van der Waals surface area contributed by atoms with Crippen molar-refractivity contribution in [2.24, 2.45) is 22.6 Å². The number of rotatable bonds is 3. The highest BCUT2D eigenvalue weighted by atomic mass is 127. The van der Waals surface area contributed by atoms with Crippen molar-refractivity contribution < 1.29 is 4.74 Å². The Bertz CT molecular complexity index is 535. The van der Waals surface area contributed by atoms with Crippen molar-refractivity contribution in [3.05, 3.63) is 29.8 Å². The minimum Gasteiger partial charge on any atom is -0.493 e. The molecule has 0 saturated heterocycles. The van der Waals surface area contributed by atoms with E-state index in [-0.39, 0.29) is 30.0 Å². The largest absolute Gasteiger partial charge is 0.493 e. The standard InChI is InChI=1S/C18H27N3O.HI/c1-13-6-2-3-7-14(13)12-20-18(19)21-16-10-11-22-17-9-5-4-8-15(16)17;/h4-5,8-9,13-14,16H,2-3,6-7,10-12H2,1H3,(H3,19,20,21);1H. The van der Waals surface area contributed by atoms with E-state index in [9.17, 15) is 0 Å². The molecule has 1 fully saturated rings. The molecule has 4 nitrogen and oxygen atoms in total. The predicted octanol–water partition coefficient (Wildman–Crippen LogP) is 3.86. The molecule has 0 amide bonds. The third-order valence-corrected chi connectivity index (χ3v) is 5.07. The maximum Gasteiger partial charge on any atom is 0.189 e. The third-order valence-electron chi connectivity index (χ3n) is 5.07. The summed E-state index contributed by atoms with van der Waals surface area (Å²) in [5, 5.41) is 3.38. The molecule has 3 unspecified atom stereocenters. The van der Waals surface area contributed by atoms with Crippen molar-refractivity contribution in [1.82, 2.24) is 5.32 Å². The van der Waals surface area contributed by atoms with Crippen LogP contribution in [0, 0.1) is 11.8 Å². The maximum absolute atomic E-state index is 6.12. The van der Waals surface area contributed by atoms with Crippen molar-refractivity contribution in [2.75, 3.05) is 13.2 Å². The first-order valence-electron chi connectivity index (χ1n) is 8.52. The quantitative estimate of drug-likeness (QED) is 0.436. The molecule has 1 heterocycles. The monoisotopic (exact) mass is 429 g/mol. The van der Waals surface area contributed by atoms with E-state index in [1.54, 1.807) is 0 Å². The summed E-state index contributed by atoms with van der Waals surface area (Å²) in [7, 11) is 0.